The van der Waals surface area contributed by atoms with Crippen LogP contribution in [-0.4, -0.2) is 49.5 Å². The highest BCUT2D eigenvalue weighted by molar-refractivity contribution is 7.89. The van der Waals surface area contributed by atoms with E-state index in [1.807, 2.05) is 39.2 Å². The largest absolute Gasteiger partial charge is 0.380 e. The van der Waals surface area contributed by atoms with Crippen LogP contribution in [0.4, 0.5) is 4.39 Å². The second-order valence-electron chi connectivity index (χ2n) is 9.40. The van der Waals surface area contributed by atoms with Crippen molar-refractivity contribution in [2.75, 3.05) is 26.3 Å². The third-order valence-electron chi connectivity index (χ3n) is 5.38. The van der Waals surface area contributed by atoms with Crippen LogP contribution >= 0.6 is 11.3 Å². The summed E-state index contributed by atoms with van der Waals surface area (Å²) in [5.41, 5.74) is 1.04. The molecule has 196 valence electrons. The van der Waals surface area contributed by atoms with Crippen molar-refractivity contribution in [2.45, 2.75) is 46.1 Å². The van der Waals surface area contributed by atoms with Gasteiger partial charge in [-0.3, -0.25) is 4.79 Å². The fraction of sp³-hybridized carbons (Fsp3) is 0.462. The summed E-state index contributed by atoms with van der Waals surface area (Å²) in [6.45, 7) is 12.1. The first-order valence-electron chi connectivity index (χ1n) is 12.1. The van der Waals surface area contributed by atoms with Gasteiger partial charge in [0, 0.05) is 31.8 Å². The molecule has 1 heterocycles. The first-order valence-corrected chi connectivity index (χ1v) is 14.3. The lowest BCUT2D eigenvalue weighted by Crippen LogP contribution is -2.37. The Bertz CT molecular complexity index is 1350. The average molecular weight is 536 g/mol. The topological polar surface area (TPSA) is 81.0 Å². The summed E-state index contributed by atoms with van der Waals surface area (Å²) >= 11 is 1.22. The predicted molar refractivity (Wildman–Crippen MR) is 141 cm³/mol. The molecule has 3 aromatic rings. The molecule has 0 spiro atoms. The van der Waals surface area contributed by atoms with Crippen LogP contribution < -0.4 is 4.80 Å². The average Bonchev–Trinajstić information content (AvgIpc) is 3.14. The van der Waals surface area contributed by atoms with Crippen molar-refractivity contribution < 1.29 is 22.3 Å². The number of carbonyl (C=O) groups excluding carboxylic acids is 1. The van der Waals surface area contributed by atoms with Gasteiger partial charge in [-0.1, -0.05) is 39.0 Å². The number of thiazole rings is 1. The molecule has 1 aromatic heterocycles. The molecule has 0 saturated heterocycles. The zero-order chi connectivity index (χ0) is 26.5. The fourth-order valence-electron chi connectivity index (χ4n) is 3.80. The molecule has 0 bridgehead atoms. The molecular weight excluding hydrogens is 501 g/mol. The van der Waals surface area contributed by atoms with Gasteiger partial charge in [0.15, 0.2) is 4.80 Å². The van der Waals surface area contributed by atoms with E-state index in [-0.39, 0.29) is 28.1 Å². The molecule has 0 N–H and O–H groups in total. The number of sulfonamides is 1. The molecular formula is C26H34FN3O4S2. The van der Waals surface area contributed by atoms with E-state index in [4.69, 9.17) is 4.74 Å². The lowest BCUT2D eigenvalue weighted by Gasteiger charge is -2.25. The molecule has 2 aromatic carbocycles. The maximum absolute atomic E-state index is 13.8. The highest BCUT2D eigenvalue weighted by atomic mass is 32.2. The van der Waals surface area contributed by atoms with Crippen molar-refractivity contribution in [2.24, 2.45) is 16.8 Å². The van der Waals surface area contributed by atoms with Crippen LogP contribution in [0.1, 0.15) is 45.0 Å². The number of ether oxygens (including phenoxy) is 1. The third kappa shape index (κ3) is 6.88. The van der Waals surface area contributed by atoms with Crippen molar-refractivity contribution in [3.05, 3.63) is 58.6 Å². The molecule has 0 aliphatic rings. The van der Waals surface area contributed by atoms with Crippen LogP contribution in [-0.2, 0) is 21.3 Å². The molecule has 0 fully saturated rings. The second kappa shape index (κ2) is 12.2. The Morgan fingerprint density at radius 2 is 1.72 bits per heavy atom. The Balaban J connectivity index is 1.93. The minimum Gasteiger partial charge on any atom is -0.380 e. The molecule has 0 atom stereocenters. The quantitative estimate of drug-likeness (QED) is 0.326. The maximum Gasteiger partial charge on any atom is 0.279 e. The van der Waals surface area contributed by atoms with Crippen LogP contribution in [0.2, 0.25) is 0 Å². The zero-order valence-electron chi connectivity index (χ0n) is 21.4. The summed E-state index contributed by atoms with van der Waals surface area (Å²) in [5.74, 6) is -0.499. The van der Waals surface area contributed by atoms with E-state index in [2.05, 4.69) is 4.99 Å². The first-order chi connectivity index (χ1) is 17.0. The summed E-state index contributed by atoms with van der Waals surface area (Å²) in [4.78, 5) is 17.8. The Hall–Kier alpha value is -2.40. The van der Waals surface area contributed by atoms with Gasteiger partial charge in [0.2, 0.25) is 10.0 Å². The molecule has 0 aliphatic heterocycles. The summed E-state index contributed by atoms with van der Waals surface area (Å²) in [6, 6.07) is 10.3. The Kier molecular flexibility index (Phi) is 9.57. The van der Waals surface area contributed by atoms with Gasteiger partial charge in [-0.05, 0) is 61.2 Å². The molecule has 3 rings (SSSR count). The number of hydrogen-bond acceptors (Lipinski definition) is 5. The normalized spacial score (nSPS) is 13.0. The predicted octanol–water partition coefficient (Wildman–Crippen LogP) is 4.92. The molecule has 0 saturated carbocycles. The van der Waals surface area contributed by atoms with E-state index < -0.39 is 15.9 Å². The second-order valence-corrected chi connectivity index (χ2v) is 12.3. The van der Waals surface area contributed by atoms with Crippen LogP contribution in [0.25, 0.3) is 10.2 Å². The standard InChI is InChI=1S/C26H34FN3O4S2/c1-6-34-14-13-30-23-12-9-21(27)15-24(23)35-26(30)28-25(31)20-7-10-22(11-8-20)36(32,33)29(16-18(2)3)17-19(4)5/h7-12,15,18-19H,6,13-14,16-17H2,1-5H3. The van der Waals surface area contributed by atoms with Gasteiger partial charge in [0.25, 0.3) is 5.91 Å². The van der Waals surface area contributed by atoms with E-state index in [0.29, 0.717) is 42.3 Å². The lowest BCUT2D eigenvalue weighted by molar-refractivity contribution is 0.0996. The van der Waals surface area contributed by atoms with Crippen molar-refractivity contribution in [3.63, 3.8) is 0 Å². The van der Waals surface area contributed by atoms with Gasteiger partial charge in [-0.2, -0.15) is 9.30 Å². The van der Waals surface area contributed by atoms with Gasteiger partial charge in [-0.25, -0.2) is 12.8 Å². The number of hydrogen-bond donors (Lipinski definition) is 0. The van der Waals surface area contributed by atoms with E-state index in [0.717, 1.165) is 5.52 Å². The number of halogens is 1. The highest BCUT2D eigenvalue weighted by Crippen LogP contribution is 2.21. The molecule has 7 nitrogen and oxygen atoms in total. The van der Waals surface area contributed by atoms with Gasteiger partial charge in [-0.15, -0.1) is 0 Å². The summed E-state index contributed by atoms with van der Waals surface area (Å²) < 4.78 is 49.7. The summed E-state index contributed by atoms with van der Waals surface area (Å²) in [5, 5.41) is 0. The molecule has 10 heteroatoms. The van der Waals surface area contributed by atoms with Gasteiger partial charge >= 0.3 is 0 Å². The van der Waals surface area contributed by atoms with E-state index in [1.165, 1.54) is 52.0 Å². The van der Waals surface area contributed by atoms with Crippen LogP contribution in [0.5, 0.6) is 0 Å². The molecule has 36 heavy (non-hydrogen) atoms. The number of amides is 1. The van der Waals surface area contributed by atoms with Crippen LogP contribution in [0.3, 0.4) is 0 Å². The van der Waals surface area contributed by atoms with E-state index in [9.17, 15) is 17.6 Å². The Morgan fingerprint density at radius 3 is 2.31 bits per heavy atom. The lowest BCUT2D eigenvalue weighted by atomic mass is 10.2. The van der Waals surface area contributed by atoms with Gasteiger partial charge in [0.1, 0.15) is 5.82 Å². The summed E-state index contributed by atoms with van der Waals surface area (Å²) in [7, 11) is -3.69. The number of rotatable bonds is 11. The number of nitrogens with zero attached hydrogens (tertiary/aromatic N) is 3. The monoisotopic (exact) mass is 535 g/mol. The van der Waals surface area contributed by atoms with Crippen molar-refractivity contribution in [1.82, 2.24) is 8.87 Å². The highest BCUT2D eigenvalue weighted by Gasteiger charge is 2.26. The number of aromatic nitrogens is 1. The smallest absolute Gasteiger partial charge is 0.279 e. The third-order valence-corrected chi connectivity index (χ3v) is 8.27. The number of carbonyl (C=O) groups is 1. The number of fused-ring (bicyclic) bond motifs is 1. The fourth-order valence-corrected chi connectivity index (χ4v) is 6.65. The van der Waals surface area contributed by atoms with Gasteiger partial charge < -0.3 is 9.30 Å². The molecule has 0 unspecified atom stereocenters. The van der Waals surface area contributed by atoms with Crippen molar-refractivity contribution >= 4 is 37.5 Å². The molecule has 0 aliphatic carbocycles. The van der Waals surface area contributed by atoms with Gasteiger partial charge in [0.05, 0.1) is 21.7 Å². The van der Waals surface area contributed by atoms with Crippen molar-refractivity contribution in [3.8, 4) is 0 Å². The van der Waals surface area contributed by atoms with E-state index in [1.54, 1.807) is 6.07 Å². The minimum atomic E-state index is -3.69. The summed E-state index contributed by atoms with van der Waals surface area (Å²) in [6.07, 6.45) is 0. The molecule has 1 amide bonds. The molecule has 0 radical (unpaired) electrons. The van der Waals surface area contributed by atoms with Crippen LogP contribution in [0.15, 0.2) is 52.4 Å². The minimum absolute atomic E-state index is 0.143. The van der Waals surface area contributed by atoms with Crippen LogP contribution in [0, 0.1) is 17.7 Å². The maximum atomic E-state index is 13.8. The first kappa shape index (κ1) is 28.2. The number of benzene rings is 2. The Morgan fingerprint density at radius 1 is 1.08 bits per heavy atom. The Labute approximate surface area is 216 Å². The van der Waals surface area contributed by atoms with Crippen molar-refractivity contribution in [1.29, 1.82) is 0 Å². The van der Waals surface area contributed by atoms with E-state index >= 15 is 0 Å². The zero-order valence-corrected chi connectivity index (χ0v) is 23.0. The SMILES string of the molecule is CCOCCn1c(=NC(=O)c2ccc(S(=O)(=O)N(CC(C)C)CC(C)C)cc2)sc2cc(F)ccc21.